The van der Waals surface area contributed by atoms with Crippen LogP contribution < -0.4 is 5.32 Å². The van der Waals surface area contributed by atoms with Crippen LogP contribution in [0.15, 0.2) is 30.3 Å². The van der Waals surface area contributed by atoms with Crippen LogP contribution >= 0.6 is 0 Å². The van der Waals surface area contributed by atoms with Crippen molar-refractivity contribution in [3.05, 3.63) is 46.0 Å². The van der Waals surface area contributed by atoms with Crippen molar-refractivity contribution < 1.29 is 14.8 Å². The lowest BCUT2D eigenvalue weighted by Crippen LogP contribution is -2.38. The van der Waals surface area contributed by atoms with E-state index >= 15 is 0 Å². The molecule has 6 heteroatoms. The minimum Gasteiger partial charge on any atom is -0.396 e. The Balaban J connectivity index is 2.69. The molecule has 114 valence electrons. The highest BCUT2D eigenvalue weighted by atomic mass is 16.6. The van der Waals surface area contributed by atoms with Gasteiger partial charge >= 0.3 is 0 Å². The number of benzene rings is 1. The lowest BCUT2D eigenvalue weighted by atomic mass is 10.0. The fraction of sp³-hybridized carbons (Fsp3) is 0.400. The molecule has 0 saturated carbocycles. The van der Waals surface area contributed by atoms with Crippen LogP contribution in [-0.2, 0) is 4.79 Å². The molecule has 1 amide bonds. The minimum atomic E-state index is -0.479. The predicted molar refractivity (Wildman–Crippen MR) is 80.6 cm³/mol. The van der Waals surface area contributed by atoms with Gasteiger partial charge in [-0.05, 0) is 24.0 Å². The largest absolute Gasteiger partial charge is 0.396 e. The van der Waals surface area contributed by atoms with E-state index in [1.165, 1.54) is 24.3 Å². The summed E-state index contributed by atoms with van der Waals surface area (Å²) in [6, 6.07) is 5.95. The Hall–Kier alpha value is -2.21. The van der Waals surface area contributed by atoms with Crippen molar-refractivity contribution in [3.8, 4) is 0 Å². The van der Waals surface area contributed by atoms with Gasteiger partial charge in [0.2, 0.25) is 5.91 Å². The van der Waals surface area contributed by atoms with Gasteiger partial charge in [-0.3, -0.25) is 14.9 Å². The second-order valence-electron chi connectivity index (χ2n) is 5.06. The van der Waals surface area contributed by atoms with Crippen LogP contribution in [0.25, 0.3) is 6.08 Å². The number of hydrogen-bond acceptors (Lipinski definition) is 4. The molecule has 1 unspecified atom stereocenters. The summed E-state index contributed by atoms with van der Waals surface area (Å²) in [5.74, 6) is -0.0685. The van der Waals surface area contributed by atoms with Crippen molar-refractivity contribution in [2.75, 3.05) is 6.61 Å². The van der Waals surface area contributed by atoms with Crippen molar-refractivity contribution in [2.45, 2.75) is 26.3 Å². The summed E-state index contributed by atoms with van der Waals surface area (Å²) in [5, 5.41) is 22.4. The topological polar surface area (TPSA) is 92.5 Å². The standard InChI is InChI=1S/C15H20N2O4/c1-11(2)14(8-9-18)16-15(19)7-6-12-4-3-5-13(10-12)17(20)21/h3-7,10-11,14,18H,8-9H2,1-2H3,(H,16,19)/b7-6+. The van der Waals surface area contributed by atoms with E-state index in [4.69, 9.17) is 5.11 Å². The molecule has 0 aliphatic rings. The molecule has 0 saturated heterocycles. The summed E-state index contributed by atoms with van der Waals surface area (Å²) in [5.41, 5.74) is 0.570. The lowest BCUT2D eigenvalue weighted by Gasteiger charge is -2.20. The summed E-state index contributed by atoms with van der Waals surface area (Å²) >= 11 is 0. The highest BCUT2D eigenvalue weighted by molar-refractivity contribution is 5.92. The van der Waals surface area contributed by atoms with E-state index in [-0.39, 0.29) is 30.2 Å². The number of aliphatic hydroxyl groups is 1. The predicted octanol–water partition coefficient (Wildman–Crippen LogP) is 2.13. The molecule has 1 aromatic carbocycles. The van der Waals surface area contributed by atoms with Gasteiger partial charge in [-0.1, -0.05) is 26.0 Å². The minimum absolute atomic E-state index is 0.0116. The zero-order valence-electron chi connectivity index (χ0n) is 12.2. The average molecular weight is 292 g/mol. The zero-order chi connectivity index (χ0) is 15.8. The number of non-ortho nitro benzene ring substituents is 1. The van der Waals surface area contributed by atoms with Crippen molar-refractivity contribution in [1.29, 1.82) is 0 Å². The van der Waals surface area contributed by atoms with E-state index in [9.17, 15) is 14.9 Å². The number of nitro benzene ring substituents is 1. The van der Waals surface area contributed by atoms with E-state index in [0.29, 0.717) is 12.0 Å². The molecule has 1 rings (SSSR count). The van der Waals surface area contributed by atoms with Crippen molar-refractivity contribution in [3.63, 3.8) is 0 Å². The van der Waals surface area contributed by atoms with E-state index in [0.717, 1.165) is 0 Å². The first-order valence-electron chi connectivity index (χ1n) is 6.78. The van der Waals surface area contributed by atoms with Crippen LogP contribution in [0.4, 0.5) is 5.69 Å². The second kappa shape index (κ2) is 8.16. The number of amides is 1. The number of nitro groups is 1. The molecular formula is C15H20N2O4. The van der Waals surface area contributed by atoms with Gasteiger partial charge in [-0.25, -0.2) is 0 Å². The van der Waals surface area contributed by atoms with Crippen LogP contribution in [-0.4, -0.2) is 28.6 Å². The first-order chi connectivity index (χ1) is 9.93. The molecule has 0 radical (unpaired) electrons. The van der Waals surface area contributed by atoms with Gasteiger partial charge < -0.3 is 10.4 Å². The van der Waals surface area contributed by atoms with Gasteiger partial charge in [-0.15, -0.1) is 0 Å². The molecule has 1 atom stereocenters. The van der Waals surface area contributed by atoms with Crippen molar-refractivity contribution >= 4 is 17.7 Å². The molecule has 21 heavy (non-hydrogen) atoms. The number of hydrogen-bond donors (Lipinski definition) is 2. The average Bonchev–Trinajstić information content (AvgIpc) is 2.45. The first kappa shape index (κ1) is 16.8. The molecule has 0 aliphatic heterocycles. The fourth-order valence-electron chi connectivity index (χ4n) is 1.86. The molecule has 2 N–H and O–H groups in total. The third-order valence-corrected chi connectivity index (χ3v) is 3.08. The monoisotopic (exact) mass is 292 g/mol. The Morgan fingerprint density at radius 3 is 2.76 bits per heavy atom. The Labute approximate surface area is 123 Å². The molecule has 0 bridgehead atoms. The van der Waals surface area contributed by atoms with Gasteiger partial charge in [0.05, 0.1) is 4.92 Å². The van der Waals surface area contributed by atoms with Crippen LogP contribution in [0.1, 0.15) is 25.8 Å². The Kier molecular flexibility index (Phi) is 6.55. The third kappa shape index (κ3) is 5.74. The van der Waals surface area contributed by atoms with E-state index in [1.807, 2.05) is 13.8 Å². The fourth-order valence-corrected chi connectivity index (χ4v) is 1.86. The van der Waals surface area contributed by atoms with Crippen molar-refractivity contribution in [2.24, 2.45) is 5.92 Å². The van der Waals surface area contributed by atoms with Gasteiger partial charge in [0.25, 0.3) is 5.69 Å². The summed E-state index contributed by atoms with van der Waals surface area (Å²) in [4.78, 5) is 22.0. The maximum atomic E-state index is 11.8. The first-order valence-corrected chi connectivity index (χ1v) is 6.78. The molecular weight excluding hydrogens is 272 g/mol. The van der Waals surface area contributed by atoms with Gasteiger partial charge in [-0.2, -0.15) is 0 Å². The quantitative estimate of drug-likeness (QED) is 0.457. The molecule has 0 aliphatic carbocycles. The number of carbonyl (C=O) groups is 1. The van der Waals surface area contributed by atoms with Gasteiger partial charge in [0.1, 0.15) is 0 Å². The third-order valence-electron chi connectivity index (χ3n) is 3.08. The number of carbonyl (C=O) groups excluding carboxylic acids is 1. The maximum absolute atomic E-state index is 11.8. The summed E-state index contributed by atoms with van der Waals surface area (Å²) < 4.78 is 0. The number of nitrogens with one attached hydrogen (secondary N) is 1. The zero-order valence-corrected chi connectivity index (χ0v) is 12.2. The van der Waals surface area contributed by atoms with E-state index in [2.05, 4.69) is 5.32 Å². The second-order valence-corrected chi connectivity index (χ2v) is 5.06. The normalized spacial score (nSPS) is 12.6. The highest BCUT2D eigenvalue weighted by Gasteiger charge is 2.14. The molecule has 0 heterocycles. The summed E-state index contributed by atoms with van der Waals surface area (Å²) in [7, 11) is 0. The summed E-state index contributed by atoms with van der Waals surface area (Å²) in [6.45, 7) is 3.94. The Morgan fingerprint density at radius 2 is 2.19 bits per heavy atom. The van der Waals surface area contributed by atoms with E-state index in [1.54, 1.807) is 12.1 Å². The molecule has 0 aromatic heterocycles. The van der Waals surface area contributed by atoms with Crippen LogP contribution in [0.5, 0.6) is 0 Å². The van der Waals surface area contributed by atoms with Gasteiger partial charge in [0.15, 0.2) is 0 Å². The van der Waals surface area contributed by atoms with Crippen LogP contribution in [0.2, 0.25) is 0 Å². The van der Waals surface area contributed by atoms with Crippen LogP contribution in [0, 0.1) is 16.0 Å². The molecule has 1 aromatic rings. The van der Waals surface area contributed by atoms with E-state index < -0.39 is 4.92 Å². The lowest BCUT2D eigenvalue weighted by molar-refractivity contribution is -0.384. The number of aliphatic hydroxyl groups excluding tert-OH is 1. The molecule has 6 nitrogen and oxygen atoms in total. The summed E-state index contributed by atoms with van der Waals surface area (Å²) in [6.07, 6.45) is 3.36. The molecule has 0 fully saturated rings. The smallest absolute Gasteiger partial charge is 0.270 e. The Morgan fingerprint density at radius 1 is 1.48 bits per heavy atom. The van der Waals surface area contributed by atoms with Gasteiger partial charge in [0, 0.05) is 30.9 Å². The number of nitrogens with zero attached hydrogens (tertiary/aromatic N) is 1. The van der Waals surface area contributed by atoms with Crippen LogP contribution in [0.3, 0.4) is 0 Å². The maximum Gasteiger partial charge on any atom is 0.270 e. The van der Waals surface area contributed by atoms with Crippen molar-refractivity contribution in [1.82, 2.24) is 5.32 Å². The SMILES string of the molecule is CC(C)C(CCO)NC(=O)/C=C/c1cccc([N+](=O)[O-])c1. The number of rotatable bonds is 7. The molecule has 0 spiro atoms. The Bertz CT molecular complexity index is 526. The highest BCUT2D eigenvalue weighted by Crippen LogP contribution is 2.14.